The number of benzene rings is 2. The second kappa shape index (κ2) is 9.72. The van der Waals surface area contributed by atoms with Gasteiger partial charge in [0.1, 0.15) is 23.2 Å². The monoisotopic (exact) mass is 458 g/mol. The van der Waals surface area contributed by atoms with E-state index in [1.807, 2.05) is 18.2 Å². The van der Waals surface area contributed by atoms with E-state index in [1.54, 1.807) is 13.0 Å². The maximum Gasteiger partial charge on any atom is 0.391 e. The molecule has 2 fully saturated rings. The number of hydrogen-bond donors (Lipinski definition) is 0. The zero-order valence-corrected chi connectivity index (χ0v) is 18.8. The molecule has 0 N–H and O–H groups in total. The van der Waals surface area contributed by atoms with Crippen LogP contribution in [0.4, 0.5) is 13.2 Å². The van der Waals surface area contributed by atoms with E-state index < -0.39 is 12.1 Å². The smallest absolute Gasteiger partial charge is 0.391 e. The van der Waals surface area contributed by atoms with Gasteiger partial charge in [-0.3, -0.25) is 9.69 Å². The Labute approximate surface area is 192 Å². The van der Waals surface area contributed by atoms with Gasteiger partial charge in [0, 0.05) is 17.8 Å². The van der Waals surface area contributed by atoms with Gasteiger partial charge in [-0.1, -0.05) is 18.2 Å². The number of halogens is 3. The molecule has 1 aliphatic carbocycles. The topological polar surface area (TPSA) is 53.3 Å². The predicted molar refractivity (Wildman–Crippen MR) is 120 cm³/mol. The molecule has 0 unspecified atom stereocenters. The molecule has 0 bridgehead atoms. The summed E-state index contributed by atoms with van der Waals surface area (Å²) in [6.45, 7) is 4.26. The lowest BCUT2D eigenvalue weighted by atomic mass is 9.87. The van der Waals surface area contributed by atoms with E-state index in [2.05, 4.69) is 17.0 Å². The van der Waals surface area contributed by atoms with Gasteiger partial charge in [-0.25, -0.2) is 0 Å². The number of carbonyl (C=O) groups is 1. The van der Waals surface area contributed by atoms with Crippen LogP contribution in [-0.2, 0) is 11.3 Å². The van der Waals surface area contributed by atoms with Crippen molar-refractivity contribution in [1.29, 1.82) is 5.26 Å². The van der Waals surface area contributed by atoms with Crippen LogP contribution in [0.5, 0.6) is 5.75 Å². The van der Waals surface area contributed by atoms with Gasteiger partial charge in [0.25, 0.3) is 0 Å². The first kappa shape index (κ1) is 23.6. The van der Waals surface area contributed by atoms with E-state index in [4.69, 9.17) is 4.74 Å². The largest absolute Gasteiger partial charge is 0.489 e. The van der Waals surface area contributed by atoms with E-state index in [0.29, 0.717) is 24.2 Å². The average Bonchev–Trinajstić information content (AvgIpc) is 2.79. The first-order valence-corrected chi connectivity index (χ1v) is 11.7. The third-order valence-electron chi connectivity index (χ3n) is 7.16. The van der Waals surface area contributed by atoms with Gasteiger partial charge < -0.3 is 4.74 Å². The number of nitriles is 1. The SMILES string of the molecule is CC(=O)C1CCN(Cc2ccc3c(C#N)c(OC4CCC(C(F)(F)F)CC4)ccc3c2)CC1. The first-order valence-electron chi connectivity index (χ1n) is 11.7. The lowest BCUT2D eigenvalue weighted by molar-refractivity contribution is -0.185. The number of fused-ring (bicyclic) bond motifs is 1. The van der Waals surface area contributed by atoms with Crippen molar-refractivity contribution in [1.82, 2.24) is 4.90 Å². The van der Waals surface area contributed by atoms with E-state index in [-0.39, 0.29) is 30.6 Å². The number of Topliss-reactive ketones (excluding diaryl/α,β-unsaturated/α-hetero) is 1. The molecule has 1 aliphatic heterocycles. The Bertz CT molecular complexity index is 1040. The van der Waals surface area contributed by atoms with Crippen molar-refractivity contribution < 1.29 is 22.7 Å². The summed E-state index contributed by atoms with van der Waals surface area (Å²) in [6.07, 6.45) is -1.84. The van der Waals surface area contributed by atoms with Crippen molar-refractivity contribution in [3.05, 3.63) is 41.5 Å². The van der Waals surface area contributed by atoms with Gasteiger partial charge in [-0.2, -0.15) is 18.4 Å². The van der Waals surface area contributed by atoms with Crippen molar-refractivity contribution in [3.63, 3.8) is 0 Å². The maximum absolute atomic E-state index is 12.9. The zero-order chi connectivity index (χ0) is 23.6. The number of likely N-dealkylation sites (tertiary alicyclic amines) is 1. The summed E-state index contributed by atoms with van der Waals surface area (Å²) in [6, 6.07) is 11.9. The molecule has 1 saturated heterocycles. The molecule has 4 nitrogen and oxygen atoms in total. The van der Waals surface area contributed by atoms with Crippen LogP contribution in [0.25, 0.3) is 10.8 Å². The van der Waals surface area contributed by atoms with Crippen LogP contribution in [0.15, 0.2) is 30.3 Å². The van der Waals surface area contributed by atoms with E-state index >= 15 is 0 Å². The van der Waals surface area contributed by atoms with Crippen molar-refractivity contribution in [3.8, 4) is 11.8 Å². The summed E-state index contributed by atoms with van der Waals surface area (Å²) >= 11 is 0. The van der Waals surface area contributed by atoms with Crippen LogP contribution in [0.3, 0.4) is 0 Å². The van der Waals surface area contributed by atoms with Crippen LogP contribution in [0.1, 0.15) is 56.6 Å². The quantitative estimate of drug-likeness (QED) is 0.550. The number of alkyl halides is 3. The summed E-state index contributed by atoms with van der Waals surface area (Å²) < 4.78 is 44.8. The Hall–Kier alpha value is -2.59. The van der Waals surface area contributed by atoms with Crippen LogP contribution >= 0.6 is 0 Å². The standard InChI is InChI=1S/C26H29F3N2O2/c1-17(32)19-10-12-31(13-11-19)16-18-2-8-23-20(14-18)3-9-25(24(23)15-30)33-22-6-4-21(5-7-22)26(27,28)29/h2-3,8-9,14,19,21-22H,4-7,10-13,16H2,1H3. The highest BCUT2D eigenvalue weighted by molar-refractivity contribution is 5.90. The molecule has 7 heteroatoms. The van der Waals surface area contributed by atoms with Gasteiger partial charge in [-0.15, -0.1) is 0 Å². The number of ether oxygens (including phenoxy) is 1. The fourth-order valence-corrected chi connectivity index (χ4v) is 5.11. The summed E-state index contributed by atoms with van der Waals surface area (Å²) in [5, 5.41) is 11.5. The van der Waals surface area contributed by atoms with Gasteiger partial charge in [0.15, 0.2) is 0 Å². The van der Waals surface area contributed by atoms with Gasteiger partial charge in [0.05, 0.1) is 12.0 Å². The fraction of sp³-hybridized carbons (Fsp3) is 0.538. The van der Waals surface area contributed by atoms with Crippen molar-refractivity contribution in [2.75, 3.05) is 13.1 Å². The van der Waals surface area contributed by atoms with Gasteiger partial charge in [0.2, 0.25) is 0 Å². The Balaban J connectivity index is 1.43. The third-order valence-corrected chi connectivity index (χ3v) is 7.16. The number of carbonyl (C=O) groups excluding carboxylic acids is 1. The molecule has 0 atom stereocenters. The molecule has 0 spiro atoms. The Morgan fingerprint density at radius 2 is 1.79 bits per heavy atom. The minimum Gasteiger partial charge on any atom is -0.489 e. The molecule has 0 radical (unpaired) electrons. The fourth-order valence-electron chi connectivity index (χ4n) is 5.11. The van der Waals surface area contributed by atoms with Crippen molar-refractivity contribution in [2.45, 2.75) is 64.3 Å². The molecule has 0 amide bonds. The summed E-state index contributed by atoms with van der Waals surface area (Å²) in [4.78, 5) is 13.9. The highest BCUT2D eigenvalue weighted by Crippen LogP contribution is 2.39. The summed E-state index contributed by atoms with van der Waals surface area (Å²) in [5.41, 5.74) is 1.58. The molecule has 0 aromatic heterocycles. The minimum absolute atomic E-state index is 0.0661. The number of rotatable bonds is 5. The van der Waals surface area contributed by atoms with E-state index in [0.717, 1.165) is 48.8 Å². The van der Waals surface area contributed by atoms with Crippen molar-refractivity contribution >= 4 is 16.6 Å². The maximum atomic E-state index is 12.9. The number of hydrogen-bond acceptors (Lipinski definition) is 4. The van der Waals surface area contributed by atoms with E-state index in [1.165, 1.54) is 0 Å². The van der Waals surface area contributed by atoms with Gasteiger partial charge in [-0.05, 0) is 81.6 Å². The highest BCUT2D eigenvalue weighted by Gasteiger charge is 2.41. The molecular weight excluding hydrogens is 429 g/mol. The molecule has 176 valence electrons. The average molecular weight is 459 g/mol. The van der Waals surface area contributed by atoms with Crippen LogP contribution in [0.2, 0.25) is 0 Å². The second-order valence-corrected chi connectivity index (χ2v) is 9.40. The lowest BCUT2D eigenvalue weighted by Crippen LogP contribution is -2.35. The molecule has 1 saturated carbocycles. The van der Waals surface area contributed by atoms with E-state index in [9.17, 15) is 23.2 Å². The highest BCUT2D eigenvalue weighted by atomic mass is 19.4. The first-order chi connectivity index (χ1) is 15.7. The number of piperidine rings is 1. The summed E-state index contributed by atoms with van der Waals surface area (Å²) in [7, 11) is 0. The Morgan fingerprint density at radius 1 is 1.09 bits per heavy atom. The number of ketones is 1. The third kappa shape index (κ3) is 5.50. The molecule has 1 heterocycles. The second-order valence-electron chi connectivity index (χ2n) is 9.40. The molecule has 2 aliphatic rings. The Morgan fingerprint density at radius 3 is 2.39 bits per heavy atom. The summed E-state index contributed by atoms with van der Waals surface area (Å²) in [5.74, 6) is -0.357. The molecule has 4 rings (SSSR count). The number of nitrogens with zero attached hydrogens (tertiary/aromatic N) is 2. The molecule has 2 aromatic rings. The predicted octanol–water partition coefficient (Wildman–Crippen LogP) is 6.01. The normalized spacial score (nSPS) is 22.8. The lowest BCUT2D eigenvalue weighted by Gasteiger charge is -2.31. The van der Waals surface area contributed by atoms with Gasteiger partial charge >= 0.3 is 6.18 Å². The molecule has 2 aromatic carbocycles. The van der Waals surface area contributed by atoms with Crippen LogP contribution in [-0.4, -0.2) is 36.1 Å². The van der Waals surface area contributed by atoms with Crippen LogP contribution in [0, 0.1) is 23.2 Å². The zero-order valence-electron chi connectivity index (χ0n) is 18.8. The van der Waals surface area contributed by atoms with Crippen LogP contribution < -0.4 is 4.74 Å². The minimum atomic E-state index is -4.15. The molecular formula is C26H29F3N2O2. The van der Waals surface area contributed by atoms with Crippen molar-refractivity contribution in [2.24, 2.45) is 11.8 Å². The Kier molecular flexibility index (Phi) is 6.94. The molecule has 33 heavy (non-hydrogen) atoms.